The summed E-state index contributed by atoms with van der Waals surface area (Å²) in [6, 6.07) is 7.36. The van der Waals surface area contributed by atoms with Crippen LogP contribution in [0.15, 0.2) is 18.2 Å². The molecule has 2 aliphatic rings. The monoisotopic (exact) mass is 315 g/mol. The minimum Gasteiger partial charge on any atom is -0.369 e. The molecule has 1 saturated carbocycles. The third-order valence-electron chi connectivity index (χ3n) is 5.97. The summed E-state index contributed by atoms with van der Waals surface area (Å²) >= 11 is 0. The number of piperazine rings is 1. The molecule has 1 aromatic rings. The average Bonchev–Trinajstić information content (AvgIpc) is 2.57. The lowest BCUT2D eigenvalue weighted by atomic mass is 9.84. The topological polar surface area (TPSA) is 32.5 Å². The fourth-order valence-electron chi connectivity index (χ4n) is 3.99. The van der Waals surface area contributed by atoms with Gasteiger partial charge in [0, 0.05) is 37.9 Å². The SMILES string of the molecule is Cc1ccc(N2CCN(CCC3CCC(N)CC3)CC2)cc1C. The molecular weight excluding hydrogens is 282 g/mol. The second-order valence-corrected chi connectivity index (χ2v) is 7.67. The lowest BCUT2D eigenvalue weighted by Crippen LogP contribution is -2.47. The van der Waals surface area contributed by atoms with Crippen molar-refractivity contribution in [3.05, 3.63) is 29.3 Å². The minimum atomic E-state index is 0.479. The van der Waals surface area contributed by atoms with Gasteiger partial charge in [0.1, 0.15) is 0 Å². The Bertz CT molecular complexity index is 498. The van der Waals surface area contributed by atoms with Crippen molar-refractivity contribution < 1.29 is 0 Å². The molecule has 1 saturated heterocycles. The quantitative estimate of drug-likeness (QED) is 0.925. The maximum atomic E-state index is 6.01. The number of rotatable bonds is 4. The predicted octanol–water partition coefficient (Wildman–Crippen LogP) is 3.33. The van der Waals surface area contributed by atoms with Crippen LogP contribution < -0.4 is 10.6 Å². The molecular formula is C20H33N3. The highest BCUT2D eigenvalue weighted by Crippen LogP contribution is 2.26. The van der Waals surface area contributed by atoms with E-state index in [-0.39, 0.29) is 0 Å². The van der Waals surface area contributed by atoms with E-state index in [0.29, 0.717) is 6.04 Å². The number of aryl methyl sites for hydroxylation is 2. The Morgan fingerprint density at radius 3 is 2.30 bits per heavy atom. The Hall–Kier alpha value is -1.06. The molecule has 0 amide bonds. The molecule has 0 radical (unpaired) electrons. The smallest absolute Gasteiger partial charge is 0.0369 e. The van der Waals surface area contributed by atoms with Gasteiger partial charge in [-0.3, -0.25) is 4.90 Å². The zero-order valence-corrected chi connectivity index (χ0v) is 14.9. The van der Waals surface area contributed by atoms with Gasteiger partial charge in [0.2, 0.25) is 0 Å². The molecule has 3 heteroatoms. The average molecular weight is 316 g/mol. The van der Waals surface area contributed by atoms with Gasteiger partial charge in [-0.2, -0.15) is 0 Å². The van der Waals surface area contributed by atoms with E-state index in [1.807, 2.05) is 0 Å². The molecule has 2 N–H and O–H groups in total. The number of benzene rings is 1. The lowest BCUT2D eigenvalue weighted by molar-refractivity contribution is 0.217. The molecule has 1 aromatic carbocycles. The molecule has 3 nitrogen and oxygen atoms in total. The summed E-state index contributed by atoms with van der Waals surface area (Å²) in [6.45, 7) is 10.4. The van der Waals surface area contributed by atoms with Crippen LogP contribution in [0.25, 0.3) is 0 Å². The van der Waals surface area contributed by atoms with Crippen molar-refractivity contribution in [3.63, 3.8) is 0 Å². The van der Waals surface area contributed by atoms with Crippen LogP contribution >= 0.6 is 0 Å². The Morgan fingerprint density at radius 1 is 0.957 bits per heavy atom. The van der Waals surface area contributed by atoms with Crippen molar-refractivity contribution in [2.24, 2.45) is 11.7 Å². The summed E-state index contributed by atoms with van der Waals surface area (Å²) in [7, 11) is 0. The maximum Gasteiger partial charge on any atom is 0.0369 e. The van der Waals surface area contributed by atoms with Crippen molar-refractivity contribution in [1.29, 1.82) is 0 Å². The second-order valence-electron chi connectivity index (χ2n) is 7.67. The van der Waals surface area contributed by atoms with Crippen LogP contribution in [0.5, 0.6) is 0 Å². The molecule has 1 aliphatic heterocycles. The Balaban J connectivity index is 1.42. The fourth-order valence-corrected chi connectivity index (χ4v) is 3.99. The summed E-state index contributed by atoms with van der Waals surface area (Å²) in [4.78, 5) is 5.20. The van der Waals surface area contributed by atoms with Crippen molar-refractivity contribution >= 4 is 5.69 Å². The van der Waals surface area contributed by atoms with Crippen LogP contribution in [-0.2, 0) is 0 Å². The summed E-state index contributed by atoms with van der Waals surface area (Å²) in [6.07, 6.45) is 6.56. The molecule has 128 valence electrons. The largest absolute Gasteiger partial charge is 0.369 e. The van der Waals surface area contributed by atoms with Crippen molar-refractivity contribution in [3.8, 4) is 0 Å². The van der Waals surface area contributed by atoms with E-state index >= 15 is 0 Å². The molecule has 2 fully saturated rings. The van der Waals surface area contributed by atoms with E-state index < -0.39 is 0 Å². The van der Waals surface area contributed by atoms with E-state index in [4.69, 9.17) is 5.73 Å². The predicted molar refractivity (Wildman–Crippen MR) is 99.1 cm³/mol. The van der Waals surface area contributed by atoms with Crippen molar-refractivity contribution in [2.45, 2.75) is 52.0 Å². The molecule has 3 rings (SSSR count). The minimum absolute atomic E-state index is 0.479. The molecule has 0 bridgehead atoms. The number of hydrogen-bond donors (Lipinski definition) is 1. The zero-order chi connectivity index (χ0) is 16.2. The highest BCUT2D eigenvalue weighted by molar-refractivity contribution is 5.51. The summed E-state index contributed by atoms with van der Waals surface area (Å²) in [5.74, 6) is 0.924. The molecule has 1 heterocycles. The van der Waals surface area contributed by atoms with E-state index in [9.17, 15) is 0 Å². The van der Waals surface area contributed by atoms with E-state index in [1.54, 1.807) is 0 Å². The molecule has 0 atom stereocenters. The molecule has 0 spiro atoms. The van der Waals surface area contributed by atoms with E-state index in [2.05, 4.69) is 41.8 Å². The Labute approximate surface area is 141 Å². The van der Waals surface area contributed by atoms with Gasteiger partial charge in [-0.15, -0.1) is 0 Å². The summed E-state index contributed by atoms with van der Waals surface area (Å²) in [5.41, 5.74) is 10.2. The normalized spacial score (nSPS) is 26.5. The molecule has 1 aliphatic carbocycles. The van der Waals surface area contributed by atoms with Crippen molar-refractivity contribution in [1.82, 2.24) is 4.90 Å². The van der Waals surface area contributed by atoms with E-state index in [1.165, 1.54) is 68.6 Å². The van der Waals surface area contributed by atoms with Gasteiger partial charge in [-0.05, 0) is 81.7 Å². The number of nitrogens with zero attached hydrogens (tertiary/aromatic N) is 2. The summed E-state index contributed by atoms with van der Waals surface area (Å²) in [5, 5.41) is 0. The van der Waals surface area contributed by atoms with Gasteiger partial charge in [0.05, 0.1) is 0 Å². The Kier molecular flexibility index (Phi) is 5.60. The fraction of sp³-hybridized carbons (Fsp3) is 0.700. The third-order valence-corrected chi connectivity index (χ3v) is 5.97. The van der Waals surface area contributed by atoms with Gasteiger partial charge in [-0.1, -0.05) is 6.07 Å². The highest BCUT2D eigenvalue weighted by atomic mass is 15.3. The first-order chi connectivity index (χ1) is 11.1. The highest BCUT2D eigenvalue weighted by Gasteiger charge is 2.21. The number of nitrogens with two attached hydrogens (primary N) is 1. The maximum absolute atomic E-state index is 6.01. The zero-order valence-electron chi connectivity index (χ0n) is 14.9. The van der Waals surface area contributed by atoms with Gasteiger partial charge < -0.3 is 10.6 Å². The first kappa shape index (κ1) is 16.8. The van der Waals surface area contributed by atoms with Gasteiger partial charge in [-0.25, -0.2) is 0 Å². The van der Waals surface area contributed by atoms with Crippen LogP contribution in [0.3, 0.4) is 0 Å². The van der Waals surface area contributed by atoms with E-state index in [0.717, 1.165) is 19.0 Å². The third kappa shape index (κ3) is 4.48. The first-order valence-electron chi connectivity index (χ1n) is 9.42. The van der Waals surface area contributed by atoms with Crippen LogP contribution in [0, 0.1) is 19.8 Å². The molecule has 0 aromatic heterocycles. The van der Waals surface area contributed by atoms with Crippen molar-refractivity contribution in [2.75, 3.05) is 37.6 Å². The van der Waals surface area contributed by atoms with Crippen LogP contribution in [-0.4, -0.2) is 43.7 Å². The first-order valence-corrected chi connectivity index (χ1v) is 9.42. The summed E-state index contributed by atoms with van der Waals surface area (Å²) < 4.78 is 0. The Morgan fingerprint density at radius 2 is 1.65 bits per heavy atom. The van der Waals surface area contributed by atoms with Gasteiger partial charge >= 0.3 is 0 Å². The second kappa shape index (κ2) is 7.67. The number of anilines is 1. The van der Waals surface area contributed by atoms with Crippen LogP contribution in [0.1, 0.15) is 43.2 Å². The number of hydrogen-bond acceptors (Lipinski definition) is 3. The molecule has 0 unspecified atom stereocenters. The lowest BCUT2D eigenvalue weighted by Gasteiger charge is -2.37. The van der Waals surface area contributed by atoms with Gasteiger partial charge in [0.25, 0.3) is 0 Å². The standard InChI is InChI=1S/C20H33N3/c1-16-3-8-20(15-17(16)2)23-13-11-22(12-14-23)10-9-18-4-6-19(21)7-5-18/h3,8,15,18-19H,4-7,9-14,21H2,1-2H3. The van der Waals surface area contributed by atoms with Gasteiger partial charge in [0.15, 0.2) is 0 Å². The van der Waals surface area contributed by atoms with Crippen LogP contribution in [0.4, 0.5) is 5.69 Å². The van der Waals surface area contributed by atoms with Crippen LogP contribution in [0.2, 0.25) is 0 Å². The molecule has 23 heavy (non-hydrogen) atoms.